The lowest BCUT2D eigenvalue weighted by molar-refractivity contribution is -0.119. The Morgan fingerprint density at radius 1 is 0.275 bits per heavy atom. The number of aliphatic hydroxyl groups excluding tert-OH is 4. The van der Waals surface area contributed by atoms with Crippen molar-refractivity contribution in [3.63, 3.8) is 0 Å². The first-order valence-electron chi connectivity index (χ1n) is 55.5. The van der Waals surface area contributed by atoms with Gasteiger partial charge in [0.05, 0.1) is 68.8 Å². The predicted octanol–water partition coefficient (Wildman–Crippen LogP) is 14.8. The van der Waals surface area contributed by atoms with Crippen LogP contribution in [0.2, 0.25) is 0 Å². The minimum atomic E-state index is 0.295. The molecule has 0 amide bonds. The molecule has 0 aromatic carbocycles. The Bertz CT molecular complexity index is 3720. The molecule has 17 rings (SSSR count). The molecule has 4 N–H and O–H groups in total. The Morgan fingerprint density at radius 2 is 0.565 bits per heavy atom. The first kappa shape index (κ1) is 118. The summed E-state index contributed by atoms with van der Waals surface area (Å²) in [6.07, 6.45) is 17.0. The molecule has 17 aliphatic rings. The van der Waals surface area contributed by atoms with Crippen molar-refractivity contribution in [2.75, 3.05) is 281 Å². The summed E-state index contributed by atoms with van der Waals surface area (Å²) in [7, 11) is 0. The van der Waals surface area contributed by atoms with Gasteiger partial charge in [0.1, 0.15) is 17.3 Å². The van der Waals surface area contributed by atoms with Gasteiger partial charge in [-0.2, -0.15) is 0 Å². The van der Waals surface area contributed by atoms with Gasteiger partial charge in [-0.3, -0.25) is 83.0 Å². The van der Waals surface area contributed by atoms with Crippen molar-refractivity contribution in [3.05, 3.63) is 49.4 Å². The predicted molar refractivity (Wildman–Crippen MR) is 577 cm³/mol. The molecule has 6 spiro atoms. The summed E-state index contributed by atoms with van der Waals surface area (Å²) in [6, 6.07) is 5.11. The minimum absolute atomic E-state index is 0.295. The molecule has 0 radical (unpaired) electrons. The molecule has 0 aliphatic carbocycles. The van der Waals surface area contributed by atoms with Crippen LogP contribution in [-0.4, -0.2) is 472 Å². The summed E-state index contributed by atoms with van der Waals surface area (Å²) in [5.41, 5.74) is 4.63. The van der Waals surface area contributed by atoms with Crippen molar-refractivity contribution in [1.29, 1.82) is 0 Å². The van der Waals surface area contributed by atoms with E-state index in [1.54, 1.807) is 20.8 Å². The highest BCUT2D eigenvalue weighted by Gasteiger charge is 2.53. The first-order valence-corrected chi connectivity index (χ1v) is 55.5. The fourth-order valence-electron chi connectivity index (χ4n) is 26.5. The highest BCUT2D eigenvalue weighted by Crippen LogP contribution is 2.48. The number of hydrogen-bond acceptors (Lipinski definition) is 25. The van der Waals surface area contributed by atoms with Crippen LogP contribution in [0.1, 0.15) is 270 Å². The van der Waals surface area contributed by atoms with Crippen LogP contribution < -0.4 is 0 Å². The lowest BCUT2D eigenvalue weighted by atomic mass is 9.71. The number of likely N-dealkylation sites (tertiary alicyclic amines) is 16. The van der Waals surface area contributed by atoms with Gasteiger partial charge in [-0.1, -0.05) is 40.2 Å². The normalized spacial score (nSPS) is 27.3. The SMILES string of the molecule is C=C(O)CN1CC2(CCN(C(C)C)C2)C1.C=C(O)CN1CC2(CCN(C(C)C)CC2)C1.C=C(O)CN1CC2CN(C(C)(C)C)CC2C1.C=C(O)CN1CCC2(CC1)CN(C(C)C)C2.CC(=O)CN1CCC2(C1)CN(C(C)C)C2.CC(=O)CN1CCC2(CC1)CCN(C(C)C)C2.CC(=O)CN1CCC2(CCN(C(C)(C)C)CC2)C1.CCN1CC2CC1CN2C(C)(C)C.CCN1CCN(C(C)(C)C)CC1. The van der Waals surface area contributed by atoms with Gasteiger partial charge in [-0.05, 0) is 382 Å². The van der Waals surface area contributed by atoms with Crippen molar-refractivity contribution in [1.82, 2.24) is 88.2 Å². The number of nitrogens with zero attached hydrogens (tertiary/aromatic N) is 18. The topological polar surface area (TPSA) is 190 Å². The quantitative estimate of drug-likeness (QED) is 0.0793. The molecule has 0 aromatic heterocycles. The van der Waals surface area contributed by atoms with Crippen molar-refractivity contribution in [2.45, 2.75) is 335 Å². The Morgan fingerprint density at radius 3 is 0.942 bits per heavy atom. The standard InChI is InChI=1S/C15H28N2O.C14H26N2O.3C13H24N2O.2C12H22N2O.C11H22N2.C10H22N2/c1-13(18)11-16-8-5-15(12-16)6-9-17(10-7-15)14(2,3)4;1-12(2)16-9-6-14(11-16)4-7-15(8-5-14)10-13(3)17;1-10(16)5-14-6-11-8-15(13(2,3)4)9-12(11)7-14;1-11(2)15-6-4-13(5-7-15)9-14(10-13)8-12(3)16;1-11(2)15-9-13(10-15)4-6-14(7-5-13)8-12(3)16;1-10(2)14-5-4-12(9-14)7-13(8-12)6-11(3)15;1-10(2)14-8-12(9-14)4-5-13(7-12)6-11(3)15;1-5-12-7-10-6-9(12)8-13(10)11(2,3)4;1-5-11-6-8-12(9-7-11)10(2,3)4/h5-12H2,1-4H3;12H,4-11H2,1-3H3;11-12,16H,1,5-9H2,2-4H3;2*11,16H,3-10H2,1-2H3;10,15H,3-9H2,1-2H3;10H,4-9H2,1-3H3;9-10H,5-8H2,1-4H3;5-9H2,1-4H3. The fraction of sp³-hybridized carbons (Fsp3) is 0.903. The molecule has 798 valence electrons. The number of hydrogen-bond donors (Lipinski definition) is 4. The van der Waals surface area contributed by atoms with Crippen LogP contribution in [0.5, 0.6) is 0 Å². The van der Waals surface area contributed by atoms with Gasteiger partial charge in [0.15, 0.2) is 0 Å². The Hall–Kier alpha value is -3.55. The highest BCUT2D eigenvalue weighted by atomic mass is 16.3. The molecule has 0 aromatic rings. The third kappa shape index (κ3) is 35.3. The molecule has 17 saturated heterocycles. The number of fused-ring (bicyclic) bond motifs is 3. The maximum absolute atomic E-state index is 11.2. The van der Waals surface area contributed by atoms with Crippen LogP contribution in [0, 0.1) is 44.3 Å². The lowest BCUT2D eigenvalue weighted by Crippen LogP contribution is -2.62. The Kier molecular flexibility index (Phi) is 43.5. The Labute approximate surface area is 845 Å². The van der Waals surface area contributed by atoms with E-state index in [1.807, 2.05) is 0 Å². The van der Waals surface area contributed by atoms with E-state index >= 15 is 0 Å². The van der Waals surface area contributed by atoms with Gasteiger partial charge in [0.25, 0.3) is 0 Å². The maximum atomic E-state index is 11.2. The van der Waals surface area contributed by atoms with E-state index in [2.05, 4.69) is 281 Å². The molecule has 0 saturated carbocycles. The van der Waals surface area contributed by atoms with E-state index in [4.69, 9.17) is 10.2 Å². The van der Waals surface area contributed by atoms with Crippen molar-refractivity contribution in [3.8, 4) is 0 Å². The second kappa shape index (κ2) is 50.9. The third-order valence-corrected chi connectivity index (χ3v) is 35.3. The monoisotopic (exact) mass is 1940 g/mol. The molecule has 17 aliphatic heterocycles. The molecule has 17 heterocycles. The number of likely N-dealkylation sites (N-methyl/N-ethyl adjacent to an activating group) is 2. The van der Waals surface area contributed by atoms with Crippen molar-refractivity contribution < 1.29 is 34.8 Å². The maximum Gasteiger partial charge on any atom is 0.143 e. The fourth-order valence-corrected chi connectivity index (χ4v) is 26.5. The second-order valence-corrected chi connectivity index (χ2v) is 52.9. The summed E-state index contributed by atoms with van der Waals surface area (Å²) in [4.78, 5) is 78.0. The smallest absolute Gasteiger partial charge is 0.143 e. The van der Waals surface area contributed by atoms with E-state index in [9.17, 15) is 24.6 Å². The number of piperazine rings is 2. The molecule has 17 fully saturated rings. The number of Topliss-reactive ketones (excluding diaryl/α,β-unsaturated/α-hetero) is 3. The zero-order chi connectivity index (χ0) is 102. The van der Waals surface area contributed by atoms with Gasteiger partial charge < -0.3 is 40.0 Å². The average Bonchev–Trinajstić information content (AvgIpc) is 1.75. The van der Waals surface area contributed by atoms with Gasteiger partial charge in [-0.25, -0.2) is 0 Å². The second-order valence-electron chi connectivity index (χ2n) is 52.9. The van der Waals surface area contributed by atoms with E-state index < -0.39 is 0 Å². The minimum Gasteiger partial charge on any atom is -0.512 e. The van der Waals surface area contributed by atoms with Gasteiger partial charge in [0, 0.05) is 219 Å². The zero-order valence-corrected chi connectivity index (χ0v) is 94.2. The number of piperidine rings is 4. The largest absolute Gasteiger partial charge is 0.512 e. The summed E-state index contributed by atoms with van der Waals surface area (Å²) >= 11 is 0. The number of ketones is 3. The van der Waals surface area contributed by atoms with Gasteiger partial charge in [0.2, 0.25) is 0 Å². The van der Waals surface area contributed by atoms with Gasteiger partial charge in [-0.15, -0.1) is 0 Å². The van der Waals surface area contributed by atoms with Crippen molar-refractivity contribution in [2.24, 2.45) is 44.3 Å². The van der Waals surface area contributed by atoms with Crippen LogP contribution in [0.3, 0.4) is 0 Å². The number of carbonyl (C=O) groups is 3. The zero-order valence-electron chi connectivity index (χ0n) is 94.2. The molecule has 4 atom stereocenters. The Balaban J connectivity index is 0.000000174. The molecule has 2 bridgehead atoms. The van der Waals surface area contributed by atoms with E-state index in [0.29, 0.717) is 171 Å². The molecular formula is C113H214N18O7. The highest BCUT2D eigenvalue weighted by molar-refractivity contribution is 5.78. The summed E-state index contributed by atoms with van der Waals surface area (Å²) in [5.74, 6) is 3.68. The molecular weight excluding hydrogens is 1720 g/mol. The van der Waals surface area contributed by atoms with E-state index in [1.165, 1.54) is 227 Å². The van der Waals surface area contributed by atoms with Gasteiger partial charge >= 0.3 is 0 Å². The average molecular weight is 1940 g/mol. The first-order chi connectivity index (χ1) is 64.3. The molecule has 25 nitrogen and oxygen atoms in total. The summed E-state index contributed by atoms with van der Waals surface area (Å²) in [6.45, 7) is 122. The molecule has 25 heteroatoms. The summed E-state index contributed by atoms with van der Waals surface area (Å²) < 4.78 is 0. The van der Waals surface area contributed by atoms with E-state index in [0.717, 1.165) is 116 Å². The van der Waals surface area contributed by atoms with Crippen molar-refractivity contribution >= 4 is 17.3 Å². The van der Waals surface area contributed by atoms with E-state index in [-0.39, 0.29) is 0 Å². The lowest BCUT2D eigenvalue weighted by Gasteiger charge is -2.55. The van der Waals surface area contributed by atoms with Crippen LogP contribution >= 0.6 is 0 Å². The molecule has 138 heavy (non-hydrogen) atoms. The van der Waals surface area contributed by atoms with Crippen LogP contribution in [0.15, 0.2) is 49.4 Å². The molecule has 4 unspecified atom stereocenters. The van der Waals surface area contributed by atoms with Crippen LogP contribution in [0.4, 0.5) is 0 Å². The summed E-state index contributed by atoms with van der Waals surface area (Å²) in [5, 5.41) is 36.6. The third-order valence-electron chi connectivity index (χ3n) is 35.3. The number of carbonyl (C=O) groups excluding carboxylic acids is 3. The van der Waals surface area contributed by atoms with Crippen LogP contribution in [-0.2, 0) is 14.4 Å². The number of aliphatic hydroxyl groups is 4. The van der Waals surface area contributed by atoms with Crippen LogP contribution in [0.25, 0.3) is 0 Å². The number of rotatable bonds is 21.